The van der Waals surface area contributed by atoms with Crippen molar-refractivity contribution < 1.29 is 10.0 Å². The first-order chi connectivity index (χ1) is 9.10. The second-order valence-corrected chi connectivity index (χ2v) is 4.84. The van der Waals surface area contributed by atoms with E-state index in [0.717, 1.165) is 12.8 Å². The van der Waals surface area contributed by atoms with Crippen LogP contribution >= 0.6 is 0 Å². The van der Waals surface area contributed by atoms with Crippen molar-refractivity contribution in [2.24, 2.45) is 16.3 Å². The van der Waals surface area contributed by atoms with E-state index >= 15 is 0 Å². The third-order valence-electron chi connectivity index (χ3n) is 3.68. The van der Waals surface area contributed by atoms with Gasteiger partial charge in [-0.2, -0.15) is 5.10 Å². The Labute approximate surface area is 110 Å². The zero-order valence-corrected chi connectivity index (χ0v) is 10.8. The fourth-order valence-corrected chi connectivity index (χ4v) is 2.50. The number of aromatic amines is 1. The molecule has 8 nitrogen and oxygen atoms in total. The van der Waals surface area contributed by atoms with E-state index in [1.807, 2.05) is 0 Å². The Morgan fingerprint density at radius 2 is 2.32 bits per heavy atom. The second kappa shape index (κ2) is 5.25. The van der Waals surface area contributed by atoms with E-state index in [2.05, 4.69) is 25.7 Å². The number of amidine groups is 1. The van der Waals surface area contributed by atoms with Gasteiger partial charge < -0.3 is 16.3 Å². The minimum absolute atomic E-state index is 0.0210. The van der Waals surface area contributed by atoms with Crippen LogP contribution in [0.3, 0.4) is 0 Å². The summed E-state index contributed by atoms with van der Waals surface area (Å²) in [5, 5.41) is 21.2. The van der Waals surface area contributed by atoms with E-state index in [1.165, 1.54) is 6.33 Å². The molecular formula is C11H18N6O2. The van der Waals surface area contributed by atoms with Gasteiger partial charge in [-0.05, 0) is 19.8 Å². The molecule has 0 spiro atoms. The first kappa shape index (κ1) is 13.3. The highest BCUT2D eigenvalue weighted by molar-refractivity contribution is 6.07. The molecule has 1 heterocycles. The summed E-state index contributed by atoms with van der Waals surface area (Å²) in [6.45, 7) is 1.80. The average Bonchev–Trinajstić information content (AvgIpc) is 3.09. The fourth-order valence-electron chi connectivity index (χ4n) is 2.50. The maximum absolute atomic E-state index is 12.4. The number of hydrogen-bond donors (Lipinski definition) is 4. The maximum atomic E-state index is 12.4. The molecule has 1 saturated carbocycles. The molecule has 8 heteroatoms. The summed E-state index contributed by atoms with van der Waals surface area (Å²) < 4.78 is 0. The highest BCUT2D eigenvalue weighted by Gasteiger charge is 2.45. The molecule has 0 aromatic carbocycles. The Kier molecular flexibility index (Phi) is 3.68. The average molecular weight is 266 g/mol. The SMILES string of the molecule is CC(NC(=O)C1(C(N)=NO)CCCC1)c1ncn[nH]1. The zero-order valence-electron chi connectivity index (χ0n) is 10.8. The predicted molar refractivity (Wildman–Crippen MR) is 67.3 cm³/mol. The van der Waals surface area contributed by atoms with Crippen molar-refractivity contribution in [2.75, 3.05) is 0 Å². The summed E-state index contributed by atoms with van der Waals surface area (Å²) in [4.78, 5) is 16.4. The molecule has 0 aliphatic heterocycles. The van der Waals surface area contributed by atoms with Gasteiger partial charge >= 0.3 is 0 Å². The smallest absolute Gasteiger partial charge is 0.234 e. The number of rotatable bonds is 4. The van der Waals surface area contributed by atoms with Gasteiger partial charge in [-0.15, -0.1) is 0 Å². The Bertz CT molecular complexity index is 464. The molecule has 1 aromatic rings. The van der Waals surface area contributed by atoms with Crippen molar-refractivity contribution in [1.29, 1.82) is 0 Å². The molecule has 0 bridgehead atoms. The van der Waals surface area contributed by atoms with Crippen LogP contribution in [-0.2, 0) is 4.79 Å². The molecule has 1 fully saturated rings. The lowest BCUT2D eigenvalue weighted by atomic mass is 9.83. The largest absolute Gasteiger partial charge is 0.409 e. The highest BCUT2D eigenvalue weighted by Crippen LogP contribution is 2.39. The van der Waals surface area contributed by atoms with Crippen molar-refractivity contribution in [2.45, 2.75) is 38.6 Å². The second-order valence-electron chi connectivity index (χ2n) is 4.84. The molecule has 2 rings (SSSR count). The van der Waals surface area contributed by atoms with Gasteiger partial charge in [0.25, 0.3) is 0 Å². The summed E-state index contributed by atoms with van der Waals surface area (Å²) in [6.07, 6.45) is 4.35. The number of carbonyl (C=O) groups excluding carboxylic acids is 1. The number of aromatic nitrogens is 3. The number of nitrogens with zero attached hydrogens (tertiary/aromatic N) is 3. The molecule has 0 saturated heterocycles. The van der Waals surface area contributed by atoms with Crippen molar-refractivity contribution in [3.63, 3.8) is 0 Å². The summed E-state index contributed by atoms with van der Waals surface area (Å²) in [7, 11) is 0. The third kappa shape index (κ3) is 2.38. The molecule has 1 aliphatic carbocycles. The summed E-state index contributed by atoms with van der Waals surface area (Å²) in [6, 6.07) is -0.307. The monoisotopic (exact) mass is 266 g/mol. The molecule has 1 unspecified atom stereocenters. The van der Waals surface area contributed by atoms with E-state index in [-0.39, 0.29) is 17.8 Å². The molecule has 104 valence electrons. The summed E-state index contributed by atoms with van der Waals surface area (Å²) in [5.41, 5.74) is 4.81. The number of amides is 1. The van der Waals surface area contributed by atoms with E-state index in [1.54, 1.807) is 6.92 Å². The topological polar surface area (TPSA) is 129 Å². The standard InChI is InChI=1S/C11H18N6O2/c1-7(8-13-6-14-16-8)15-10(18)11(9(12)17-19)4-2-3-5-11/h6-7,19H,2-5H2,1H3,(H2,12,17)(H,15,18)(H,13,14,16). The molecule has 0 radical (unpaired) electrons. The summed E-state index contributed by atoms with van der Waals surface area (Å²) >= 11 is 0. The van der Waals surface area contributed by atoms with Gasteiger partial charge in [-0.3, -0.25) is 9.89 Å². The van der Waals surface area contributed by atoms with Crippen molar-refractivity contribution in [3.05, 3.63) is 12.2 Å². The van der Waals surface area contributed by atoms with Gasteiger partial charge in [0.05, 0.1) is 6.04 Å². The van der Waals surface area contributed by atoms with Gasteiger partial charge in [-0.1, -0.05) is 18.0 Å². The number of carbonyl (C=O) groups is 1. The number of oxime groups is 1. The van der Waals surface area contributed by atoms with Crippen LogP contribution in [0.2, 0.25) is 0 Å². The number of nitrogens with two attached hydrogens (primary N) is 1. The van der Waals surface area contributed by atoms with Crippen molar-refractivity contribution >= 4 is 11.7 Å². The first-order valence-electron chi connectivity index (χ1n) is 6.24. The van der Waals surface area contributed by atoms with Gasteiger partial charge in [0.15, 0.2) is 5.84 Å². The molecule has 19 heavy (non-hydrogen) atoms. The van der Waals surface area contributed by atoms with Crippen LogP contribution in [0.1, 0.15) is 44.5 Å². The molecule has 1 atom stereocenters. The van der Waals surface area contributed by atoms with Gasteiger partial charge in [0.1, 0.15) is 17.6 Å². The highest BCUT2D eigenvalue weighted by atomic mass is 16.4. The van der Waals surface area contributed by atoms with Crippen LogP contribution in [0.25, 0.3) is 0 Å². The first-order valence-corrected chi connectivity index (χ1v) is 6.24. The predicted octanol–water partition coefficient (Wildman–Crippen LogP) is 0.289. The Hall–Kier alpha value is -2.12. The van der Waals surface area contributed by atoms with Crippen molar-refractivity contribution in [1.82, 2.24) is 20.5 Å². The van der Waals surface area contributed by atoms with Gasteiger partial charge in [0, 0.05) is 0 Å². The third-order valence-corrected chi connectivity index (χ3v) is 3.68. The van der Waals surface area contributed by atoms with Crippen LogP contribution < -0.4 is 11.1 Å². The molecular weight excluding hydrogens is 248 g/mol. The van der Waals surface area contributed by atoms with Crippen LogP contribution in [0, 0.1) is 5.41 Å². The maximum Gasteiger partial charge on any atom is 0.234 e. The Morgan fingerprint density at radius 3 is 2.84 bits per heavy atom. The minimum atomic E-state index is -0.900. The van der Waals surface area contributed by atoms with Crippen LogP contribution in [-0.4, -0.2) is 32.1 Å². The van der Waals surface area contributed by atoms with Crippen LogP contribution in [0.5, 0.6) is 0 Å². The lowest BCUT2D eigenvalue weighted by Crippen LogP contribution is -2.48. The van der Waals surface area contributed by atoms with Crippen molar-refractivity contribution in [3.8, 4) is 0 Å². The van der Waals surface area contributed by atoms with E-state index < -0.39 is 5.41 Å². The number of H-pyrrole nitrogens is 1. The van der Waals surface area contributed by atoms with E-state index in [0.29, 0.717) is 18.7 Å². The zero-order chi connectivity index (χ0) is 13.9. The molecule has 1 amide bonds. The quantitative estimate of drug-likeness (QED) is 0.269. The van der Waals surface area contributed by atoms with Gasteiger partial charge in [-0.25, -0.2) is 4.98 Å². The Balaban J connectivity index is 2.13. The van der Waals surface area contributed by atoms with E-state index in [9.17, 15) is 4.79 Å². The van der Waals surface area contributed by atoms with E-state index in [4.69, 9.17) is 10.9 Å². The normalized spacial score (nSPS) is 20.2. The molecule has 5 N–H and O–H groups in total. The number of hydrogen-bond acceptors (Lipinski definition) is 5. The molecule has 1 aliphatic rings. The lowest BCUT2D eigenvalue weighted by Gasteiger charge is -2.27. The van der Waals surface area contributed by atoms with Gasteiger partial charge in [0.2, 0.25) is 5.91 Å². The van der Waals surface area contributed by atoms with Crippen LogP contribution in [0.15, 0.2) is 11.5 Å². The Morgan fingerprint density at radius 1 is 1.63 bits per heavy atom. The summed E-state index contributed by atoms with van der Waals surface area (Å²) in [5.74, 6) is 0.317. The minimum Gasteiger partial charge on any atom is -0.409 e. The fraction of sp³-hybridized carbons (Fsp3) is 0.636. The van der Waals surface area contributed by atoms with Crippen LogP contribution in [0.4, 0.5) is 0 Å². The lowest BCUT2D eigenvalue weighted by molar-refractivity contribution is -0.128. The number of nitrogens with one attached hydrogen (secondary N) is 2. The molecule has 1 aromatic heterocycles.